The zero-order chi connectivity index (χ0) is 9.26. The second kappa shape index (κ2) is 3.54. The summed E-state index contributed by atoms with van der Waals surface area (Å²) in [5, 5.41) is 0.651. The first-order valence-electron chi connectivity index (χ1n) is 4.02. The van der Waals surface area contributed by atoms with Gasteiger partial charge in [-0.05, 0) is 6.07 Å². The minimum atomic E-state index is 0.0821. The van der Waals surface area contributed by atoms with Crippen LogP contribution in [-0.4, -0.2) is 13.7 Å². The van der Waals surface area contributed by atoms with E-state index in [4.69, 9.17) is 21.2 Å². The van der Waals surface area contributed by atoms with Crippen LogP contribution in [0.2, 0.25) is 5.02 Å². The Morgan fingerprint density at radius 3 is 3.23 bits per heavy atom. The number of nitrogens with one attached hydrogen (secondary N) is 1. The summed E-state index contributed by atoms with van der Waals surface area (Å²) in [5.74, 6) is 0.763. The lowest BCUT2D eigenvalue weighted by Crippen LogP contribution is -2.20. The molecule has 3 nitrogen and oxygen atoms in total. The molecule has 0 aliphatic carbocycles. The van der Waals surface area contributed by atoms with Gasteiger partial charge in [0.2, 0.25) is 0 Å². The molecule has 0 saturated carbocycles. The van der Waals surface area contributed by atoms with E-state index < -0.39 is 0 Å². The average Bonchev–Trinajstić information content (AvgIpc) is 2.51. The molecule has 0 spiro atoms. The highest BCUT2D eigenvalue weighted by molar-refractivity contribution is 6.32. The Morgan fingerprint density at radius 1 is 1.62 bits per heavy atom. The second-order valence-corrected chi connectivity index (χ2v) is 3.25. The van der Waals surface area contributed by atoms with E-state index in [0.717, 1.165) is 11.3 Å². The minimum absolute atomic E-state index is 0.0821. The van der Waals surface area contributed by atoms with Crippen LogP contribution in [0.25, 0.3) is 0 Å². The Hall–Kier alpha value is -0.770. The van der Waals surface area contributed by atoms with Gasteiger partial charge in [-0.25, -0.2) is 0 Å². The highest BCUT2D eigenvalue weighted by Gasteiger charge is 2.25. The van der Waals surface area contributed by atoms with Crippen molar-refractivity contribution in [1.82, 2.24) is 5.48 Å². The quantitative estimate of drug-likeness (QED) is 0.739. The first-order chi connectivity index (χ1) is 6.33. The molecule has 1 unspecified atom stereocenters. The van der Waals surface area contributed by atoms with E-state index in [1.807, 2.05) is 18.2 Å². The van der Waals surface area contributed by atoms with Gasteiger partial charge in [0, 0.05) is 5.56 Å². The molecule has 70 valence electrons. The molecule has 0 saturated heterocycles. The topological polar surface area (TPSA) is 30.5 Å². The normalized spacial score (nSPS) is 19.7. The first kappa shape index (κ1) is 8.81. The van der Waals surface area contributed by atoms with Crippen LogP contribution in [0.4, 0.5) is 0 Å². The van der Waals surface area contributed by atoms with E-state index in [1.165, 1.54) is 0 Å². The van der Waals surface area contributed by atoms with Crippen LogP contribution >= 0.6 is 11.6 Å². The number of benzene rings is 1. The second-order valence-electron chi connectivity index (χ2n) is 2.84. The van der Waals surface area contributed by atoms with Gasteiger partial charge in [0.1, 0.15) is 12.4 Å². The van der Waals surface area contributed by atoms with Gasteiger partial charge >= 0.3 is 0 Å². The number of hydrogen-bond donors (Lipinski definition) is 1. The predicted molar refractivity (Wildman–Crippen MR) is 49.8 cm³/mol. The molecule has 13 heavy (non-hydrogen) atoms. The minimum Gasteiger partial charge on any atom is -0.490 e. The fraction of sp³-hybridized carbons (Fsp3) is 0.333. The number of ether oxygens (including phenoxy) is 1. The third-order valence-electron chi connectivity index (χ3n) is 2.03. The molecule has 1 aliphatic rings. The van der Waals surface area contributed by atoms with Gasteiger partial charge in [-0.2, -0.15) is 5.48 Å². The molecule has 1 atom stereocenters. The number of fused-ring (bicyclic) bond motifs is 1. The molecule has 0 amide bonds. The zero-order valence-corrected chi connectivity index (χ0v) is 7.97. The van der Waals surface area contributed by atoms with Crippen LogP contribution in [-0.2, 0) is 4.84 Å². The van der Waals surface area contributed by atoms with E-state index in [2.05, 4.69) is 5.48 Å². The number of para-hydroxylation sites is 1. The van der Waals surface area contributed by atoms with E-state index >= 15 is 0 Å². The van der Waals surface area contributed by atoms with Gasteiger partial charge in [0.05, 0.1) is 18.2 Å². The lowest BCUT2D eigenvalue weighted by Gasteiger charge is -2.07. The maximum absolute atomic E-state index is 5.94. The Morgan fingerprint density at radius 2 is 2.46 bits per heavy atom. The van der Waals surface area contributed by atoms with Crippen molar-refractivity contribution >= 4 is 11.6 Å². The van der Waals surface area contributed by atoms with Crippen LogP contribution in [0.5, 0.6) is 5.75 Å². The summed E-state index contributed by atoms with van der Waals surface area (Å²) in [6.45, 7) is 0.562. The highest BCUT2D eigenvalue weighted by Crippen LogP contribution is 2.37. The van der Waals surface area contributed by atoms with Crippen molar-refractivity contribution in [2.75, 3.05) is 13.7 Å². The SMILES string of the molecule is CONC1COc2c(Cl)cccc21. The fourth-order valence-electron chi connectivity index (χ4n) is 1.45. The van der Waals surface area contributed by atoms with Crippen LogP contribution in [0.15, 0.2) is 18.2 Å². The van der Waals surface area contributed by atoms with E-state index in [-0.39, 0.29) is 6.04 Å². The number of halogens is 1. The maximum Gasteiger partial charge on any atom is 0.142 e. The monoisotopic (exact) mass is 199 g/mol. The zero-order valence-electron chi connectivity index (χ0n) is 7.21. The van der Waals surface area contributed by atoms with Crippen LogP contribution in [0.3, 0.4) is 0 Å². The maximum atomic E-state index is 5.94. The molecule has 1 heterocycles. The number of hydrogen-bond acceptors (Lipinski definition) is 3. The van der Waals surface area contributed by atoms with Crippen molar-refractivity contribution in [2.24, 2.45) is 0 Å². The lowest BCUT2D eigenvalue weighted by molar-refractivity contribution is 0.0536. The van der Waals surface area contributed by atoms with Crippen molar-refractivity contribution in [3.05, 3.63) is 28.8 Å². The summed E-state index contributed by atoms with van der Waals surface area (Å²) in [7, 11) is 1.59. The molecule has 1 aromatic carbocycles. The van der Waals surface area contributed by atoms with Crippen LogP contribution < -0.4 is 10.2 Å². The first-order valence-corrected chi connectivity index (χ1v) is 4.40. The molecule has 0 radical (unpaired) electrons. The van der Waals surface area contributed by atoms with Gasteiger partial charge in [0.15, 0.2) is 0 Å². The van der Waals surface area contributed by atoms with Crippen LogP contribution in [0.1, 0.15) is 11.6 Å². The molecule has 1 aliphatic heterocycles. The Kier molecular flexibility index (Phi) is 2.40. The Balaban J connectivity index is 2.32. The van der Waals surface area contributed by atoms with Gasteiger partial charge < -0.3 is 9.57 Å². The molecule has 1 N–H and O–H groups in total. The molecule has 1 aromatic rings. The third-order valence-corrected chi connectivity index (χ3v) is 2.32. The van der Waals surface area contributed by atoms with E-state index in [0.29, 0.717) is 11.6 Å². The standard InChI is InChI=1S/C9H10ClNO2/c1-12-11-8-5-13-9-6(8)3-2-4-7(9)10/h2-4,8,11H,5H2,1H3. The summed E-state index contributed by atoms with van der Waals surface area (Å²) in [6.07, 6.45) is 0. The Labute approximate surface area is 81.6 Å². The molecular formula is C9H10ClNO2. The van der Waals surface area contributed by atoms with E-state index in [1.54, 1.807) is 7.11 Å². The molecule has 0 aromatic heterocycles. The summed E-state index contributed by atoms with van der Waals surface area (Å²) in [5.41, 5.74) is 3.89. The van der Waals surface area contributed by atoms with Crippen molar-refractivity contribution in [2.45, 2.75) is 6.04 Å². The van der Waals surface area contributed by atoms with Crippen molar-refractivity contribution in [3.8, 4) is 5.75 Å². The highest BCUT2D eigenvalue weighted by atomic mass is 35.5. The van der Waals surface area contributed by atoms with Crippen LogP contribution in [0, 0.1) is 0 Å². The van der Waals surface area contributed by atoms with Gasteiger partial charge in [-0.15, -0.1) is 0 Å². The van der Waals surface area contributed by atoms with Crippen molar-refractivity contribution in [3.63, 3.8) is 0 Å². The van der Waals surface area contributed by atoms with E-state index in [9.17, 15) is 0 Å². The molecule has 0 fully saturated rings. The molecule has 4 heteroatoms. The van der Waals surface area contributed by atoms with Crippen molar-refractivity contribution < 1.29 is 9.57 Å². The summed E-state index contributed by atoms with van der Waals surface area (Å²) in [6, 6.07) is 5.78. The molecule has 2 rings (SSSR count). The lowest BCUT2D eigenvalue weighted by atomic mass is 10.1. The molecule has 0 bridgehead atoms. The third kappa shape index (κ3) is 1.50. The smallest absolute Gasteiger partial charge is 0.142 e. The van der Waals surface area contributed by atoms with Gasteiger partial charge in [-0.3, -0.25) is 0 Å². The summed E-state index contributed by atoms with van der Waals surface area (Å²) < 4.78 is 5.42. The molecular weight excluding hydrogens is 190 g/mol. The van der Waals surface area contributed by atoms with Gasteiger partial charge in [-0.1, -0.05) is 23.7 Å². The largest absolute Gasteiger partial charge is 0.490 e. The summed E-state index contributed by atoms with van der Waals surface area (Å²) >= 11 is 5.94. The van der Waals surface area contributed by atoms with Gasteiger partial charge in [0.25, 0.3) is 0 Å². The van der Waals surface area contributed by atoms with Crippen molar-refractivity contribution in [1.29, 1.82) is 0 Å². The average molecular weight is 200 g/mol. The fourth-order valence-corrected chi connectivity index (χ4v) is 1.68. The number of hydroxylamine groups is 1. The Bertz CT molecular complexity index is 316. The summed E-state index contributed by atoms with van der Waals surface area (Å²) in [4.78, 5) is 4.85. The predicted octanol–water partition coefficient (Wildman–Crippen LogP) is 1.92. The number of rotatable bonds is 2.